The van der Waals surface area contributed by atoms with Gasteiger partial charge in [-0.05, 0) is 13.0 Å². The Morgan fingerprint density at radius 3 is 2.73 bits per heavy atom. The molecule has 0 aliphatic rings. The van der Waals surface area contributed by atoms with Crippen LogP contribution in [0.15, 0.2) is 28.7 Å². The van der Waals surface area contributed by atoms with Gasteiger partial charge in [0, 0.05) is 5.56 Å². The number of hydrogen-bond acceptors (Lipinski definition) is 3. The zero-order valence-electron chi connectivity index (χ0n) is 8.20. The summed E-state index contributed by atoms with van der Waals surface area (Å²) in [4.78, 5) is 4.16. The minimum atomic E-state index is -0.203. The van der Waals surface area contributed by atoms with Gasteiger partial charge in [0.2, 0.25) is 5.89 Å². The standard InChI is InChI=1S/C11H10ClNO2/c1-7-11(13-10(6-14)15-7)8-4-2-3-5-9(8)12/h2-5,14H,6H2,1H3. The average molecular weight is 224 g/mol. The van der Waals surface area contributed by atoms with E-state index in [0.29, 0.717) is 22.4 Å². The van der Waals surface area contributed by atoms with E-state index in [-0.39, 0.29) is 6.61 Å². The van der Waals surface area contributed by atoms with Crippen molar-refractivity contribution >= 4 is 11.6 Å². The summed E-state index contributed by atoms with van der Waals surface area (Å²) in [5.41, 5.74) is 1.50. The number of oxazole rings is 1. The topological polar surface area (TPSA) is 46.3 Å². The van der Waals surface area contributed by atoms with Gasteiger partial charge in [0.1, 0.15) is 18.1 Å². The minimum absolute atomic E-state index is 0.203. The normalized spacial score (nSPS) is 10.6. The van der Waals surface area contributed by atoms with E-state index < -0.39 is 0 Å². The summed E-state index contributed by atoms with van der Waals surface area (Å²) in [5.74, 6) is 0.967. The van der Waals surface area contributed by atoms with Crippen LogP contribution >= 0.6 is 11.6 Å². The molecule has 0 saturated carbocycles. The predicted molar refractivity (Wildman–Crippen MR) is 57.6 cm³/mol. The highest BCUT2D eigenvalue weighted by atomic mass is 35.5. The number of aliphatic hydroxyl groups excluding tert-OH is 1. The highest BCUT2D eigenvalue weighted by Crippen LogP contribution is 2.29. The van der Waals surface area contributed by atoms with E-state index in [1.807, 2.05) is 18.2 Å². The van der Waals surface area contributed by atoms with Crippen molar-refractivity contribution in [3.8, 4) is 11.3 Å². The molecule has 0 aliphatic heterocycles. The molecule has 3 nitrogen and oxygen atoms in total. The van der Waals surface area contributed by atoms with Crippen LogP contribution < -0.4 is 0 Å². The maximum absolute atomic E-state index is 8.90. The van der Waals surface area contributed by atoms with Crippen molar-refractivity contribution < 1.29 is 9.52 Å². The van der Waals surface area contributed by atoms with Gasteiger partial charge in [0.25, 0.3) is 0 Å². The first-order chi connectivity index (χ1) is 7.22. The molecule has 1 aromatic heterocycles. The van der Waals surface area contributed by atoms with Crippen molar-refractivity contribution in [2.45, 2.75) is 13.5 Å². The number of benzene rings is 1. The summed E-state index contributed by atoms with van der Waals surface area (Å²) >= 11 is 6.04. The third-order valence-corrected chi connectivity index (χ3v) is 2.43. The summed E-state index contributed by atoms with van der Waals surface area (Å²) in [7, 11) is 0. The Kier molecular flexibility index (Phi) is 2.75. The molecule has 2 aromatic rings. The monoisotopic (exact) mass is 223 g/mol. The molecule has 0 atom stereocenters. The summed E-state index contributed by atoms with van der Waals surface area (Å²) in [6, 6.07) is 7.40. The number of nitrogens with zero attached hydrogens (tertiary/aromatic N) is 1. The first kappa shape index (κ1) is 10.2. The van der Waals surface area contributed by atoms with Gasteiger partial charge in [-0.2, -0.15) is 0 Å². The van der Waals surface area contributed by atoms with Crippen LogP contribution in [-0.4, -0.2) is 10.1 Å². The Balaban J connectivity index is 2.54. The smallest absolute Gasteiger partial charge is 0.220 e. The summed E-state index contributed by atoms with van der Waals surface area (Å²) in [5, 5.41) is 9.53. The van der Waals surface area contributed by atoms with Crippen molar-refractivity contribution in [2.75, 3.05) is 0 Å². The number of hydrogen-bond donors (Lipinski definition) is 1. The lowest BCUT2D eigenvalue weighted by molar-refractivity contribution is 0.238. The molecular weight excluding hydrogens is 214 g/mol. The Morgan fingerprint density at radius 2 is 2.13 bits per heavy atom. The number of aromatic nitrogens is 1. The van der Waals surface area contributed by atoms with E-state index in [1.165, 1.54) is 0 Å². The predicted octanol–water partition coefficient (Wildman–Crippen LogP) is 2.80. The number of halogens is 1. The maximum atomic E-state index is 8.90. The van der Waals surface area contributed by atoms with E-state index in [9.17, 15) is 0 Å². The Hall–Kier alpha value is -1.32. The Labute approximate surface area is 92.3 Å². The SMILES string of the molecule is Cc1oc(CO)nc1-c1ccccc1Cl. The van der Waals surface area contributed by atoms with Gasteiger partial charge in [-0.25, -0.2) is 4.98 Å². The molecule has 2 rings (SSSR count). The van der Waals surface area contributed by atoms with Gasteiger partial charge in [-0.3, -0.25) is 0 Å². The number of aryl methyl sites for hydroxylation is 1. The second-order valence-corrected chi connectivity index (χ2v) is 3.56. The van der Waals surface area contributed by atoms with Gasteiger partial charge in [-0.15, -0.1) is 0 Å². The fourth-order valence-electron chi connectivity index (χ4n) is 1.42. The first-order valence-corrected chi connectivity index (χ1v) is 4.92. The van der Waals surface area contributed by atoms with Gasteiger partial charge >= 0.3 is 0 Å². The fourth-order valence-corrected chi connectivity index (χ4v) is 1.65. The molecular formula is C11H10ClNO2. The van der Waals surface area contributed by atoms with E-state index in [4.69, 9.17) is 21.1 Å². The van der Waals surface area contributed by atoms with Crippen LogP contribution in [0, 0.1) is 6.92 Å². The molecule has 0 fully saturated rings. The molecule has 0 saturated heterocycles. The molecule has 1 N–H and O–H groups in total. The molecule has 4 heteroatoms. The van der Waals surface area contributed by atoms with Crippen molar-refractivity contribution in [2.24, 2.45) is 0 Å². The van der Waals surface area contributed by atoms with Gasteiger partial charge in [-0.1, -0.05) is 29.8 Å². The van der Waals surface area contributed by atoms with Crippen molar-refractivity contribution in [3.63, 3.8) is 0 Å². The van der Waals surface area contributed by atoms with E-state index >= 15 is 0 Å². The number of rotatable bonds is 2. The van der Waals surface area contributed by atoms with Crippen LogP contribution in [0.5, 0.6) is 0 Å². The molecule has 15 heavy (non-hydrogen) atoms. The number of aliphatic hydroxyl groups is 1. The van der Waals surface area contributed by atoms with Gasteiger partial charge in [0.15, 0.2) is 0 Å². The largest absolute Gasteiger partial charge is 0.443 e. The molecule has 78 valence electrons. The van der Waals surface area contributed by atoms with Gasteiger partial charge in [0.05, 0.1) is 5.02 Å². The van der Waals surface area contributed by atoms with Crippen LogP contribution in [0.4, 0.5) is 0 Å². The molecule has 0 spiro atoms. The lowest BCUT2D eigenvalue weighted by Crippen LogP contribution is -1.84. The average Bonchev–Trinajstić information content (AvgIpc) is 2.60. The van der Waals surface area contributed by atoms with Gasteiger partial charge < -0.3 is 9.52 Å². The van der Waals surface area contributed by atoms with Crippen LogP contribution in [0.1, 0.15) is 11.7 Å². The second-order valence-electron chi connectivity index (χ2n) is 3.15. The minimum Gasteiger partial charge on any atom is -0.443 e. The lowest BCUT2D eigenvalue weighted by atomic mass is 10.1. The van der Waals surface area contributed by atoms with E-state index in [0.717, 1.165) is 5.56 Å². The van der Waals surface area contributed by atoms with Crippen molar-refractivity contribution in [1.82, 2.24) is 4.98 Å². The quantitative estimate of drug-likeness (QED) is 0.852. The van der Waals surface area contributed by atoms with Crippen LogP contribution in [0.2, 0.25) is 5.02 Å². The molecule has 0 unspecified atom stereocenters. The molecule has 1 aromatic carbocycles. The van der Waals surface area contributed by atoms with Crippen LogP contribution in [0.25, 0.3) is 11.3 Å². The van der Waals surface area contributed by atoms with Crippen LogP contribution in [-0.2, 0) is 6.61 Å². The zero-order chi connectivity index (χ0) is 10.8. The first-order valence-electron chi connectivity index (χ1n) is 4.54. The summed E-state index contributed by atoms with van der Waals surface area (Å²) in [6.07, 6.45) is 0. The van der Waals surface area contributed by atoms with Crippen molar-refractivity contribution in [1.29, 1.82) is 0 Å². The third kappa shape index (κ3) is 1.89. The van der Waals surface area contributed by atoms with Crippen LogP contribution in [0.3, 0.4) is 0 Å². The summed E-state index contributed by atoms with van der Waals surface area (Å²) < 4.78 is 5.25. The molecule has 1 heterocycles. The Morgan fingerprint density at radius 1 is 1.40 bits per heavy atom. The Bertz CT molecular complexity index is 479. The fraction of sp³-hybridized carbons (Fsp3) is 0.182. The molecule has 0 aliphatic carbocycles. The summed E-state index contributed by atoms with van der Waals surface area (Å²) in [6.45, 7) is 1.59. The molecule has 0 radical (unpaired) electrons. The van der Waals surface area contributed by atoms with E-state index in [2.05, 4.69) is 4.98 Å². The highest BCUT2D eigenvalue weighted by molar-refractivity contribution is 6.33. The third-order valence-electron chi connectivity index (χ3n) is 2.11. The lowest BCUT2D eigenvalue weighted by Gasteiger charge is -1.99. The second kappa shape index (κ2) is 4.04. The highest BCUT2D eigenvalue weighted by Gasteiger charge is 2.12. The molecule has 0 bridgehead atoms. The zero-order valence-corrected chi connectivity index (χ0v) is 8.95. The van der Waals surface area contributed by atoms with Crippen molar-refractivity contribution in [3.05, 3.63) is 40.9 Å². The maximum Gasteiger partial charge on any atom is 0.220 e. The molecule has 0 amide bonds. The van der Waals surface area contributed by atoms with E-state index in [1.54, 1.807) is 13.0 Å².